The van der Waals surface area contributed by atoms with E-state index in [-0.39, 0.29) is 11.1 Å². The Bertz CT molecular complexity index is 538. The average Bonchev–Trinajstić information content (AvgIpc) is 2.43. The smallest absolute Gasteiger partial charge is 0.185 e. The van der Waals surface area contributed by atoms with Crippen LogP contribution in [0.1, 0.15) is 11.9 Å². The highest BCUT2D eigenvalue weighted by atomic mass is 19.1. The number of benzene rings is 1. The fourth-order valence-electron chi connectivity index (χ4n) is 1.40. The lowest BCUT2D eigenvalue weighted by Crippen LogP contribution is -2.06. The molecule has 0 fully saturated rings. The zero-order valence-corrected chi connectivity index (χ0v) is 10.5. The van der Waals surface area contributed by atoms with Gasteiger partial charge in [0.2, 0.25) is 0 Å². The van der Waals surface area contributed by atoms with E-state index >= 15 is 0 Å². The number of allylic oxidation sites excluding steroid dienone is 1. The summed E-state index contributed by atoms with van der Waals surface area (Å²) in [4.78, 5) is 0. The summed E-state index contributed by atoms with van der Waals surface area (Å²) in [6.45, 7) is 0. The number of hydrogen-bond acceptors (Lipinski definition) is 5. The topological polar surface area (TPSA) is 78.1 Å². The molecular weight excluding hydrogens is 249 g/mol. The van der Waals surface area contributed by atoms with Gasteiger partial charge < -0.3 is 14.8 Å². The van der Waals surface area contributed by atoms with Crippen LogP contribution < -0.4 is 5.32 Å². The van der Waals surface area contributed by atoms with Crippen LogP contribution in [0.2, 0.25) is 0 Å². The van der Waals surface area contributed by atoms with Crippen LogP contribution in [0.4, 0.5) is 10.1 Å². The van der Waals surface area contributed by atoms with Gasteiger partial charge in [-0.25, -0.2) is 4.39 Å². The molecule has 0 heterocycles. The molecule has 1 N–H and O–H groups in total. The maximum Gasteiger partial charge on any atom is 0.185 e. The standard InChI is InChI=1S/C13H12FN3O2/c1-18-13(19-2)11-4-3-10(5-12(11)14)17-8-9(6-15)7-16/h3-5,8,13,17H,1-2H3. The largest absolute Gasteiger partial charge is 0.360 e. The van der Waals surface area contributed by atoms with Gasteiger partial charge in [-0.1, -0.05) is 0 Å². The number of halogens is 1. The number of nitrogens with one attached hydrogen (secondary N) is 1. The van der Waals surface area contributed by atoms with Crippen LogP contribution in [0.5, 0.6) is 0 Å². The van der Waals surface area contributed by atoms with Crippen molar-refractivity contribution in [2.45, 2.75) is 6.29 Å². The highest BCUT2D eigenvalue weighted by Crippen LogP contribution is 2.23. The average molecular weight is 261 g/mol. The van der Waals surface area contributed by atoms with Crippen LogP contribution in [-0.2, 0) is 9.47 Å². The molecule has 0 spiro atoms. The summed E-state index contributed by atoms with van der Waals surface area (Å²) in [7, 11) is 2.82. The highest BCUT2D eigenvalue weighted by Gasteiger charge is 2.14. The molecule has 0 saturated heterocycles. The van der Waals surface area contributed by atoms with E-state index in [0.29, 0.717) is 5.69 Å². The number of hydrogen-bond donors (Lipinski definition) is 1. The Morgan fingerprint density at radius 1 is 1.32 bits per heavy atom. The summed E-state index contributed by atoms with van der Waals surface area (Å²) < 4.78 is 23.7. The first-order valence-electron chi connectivity index (χ1n) is 5.28. The number of methoxy groups -OCH3 is 2. The molecule has 0 radical (unpaired) electrons. The van der Waals surface area contributed by atoms with Gasteiger partial charge in [-0.3, -0.25) is 0 Å². The minimum absolute atomic E-state index is 0.101. The number of anilines is 1. The van der Waals surface area contributed by atoms with Crippen molar-refractivity contribution >= 4 is 5.69 Å². The van der Waals surface area contributed by atoms with Gasteiger partial charge in [-0.15, -0.1) is 0 Å². The van der Waals surface area contributed by atoms with Crippen LogP contribution in [0.3, 0.4) is 0 Å². The van der Waals surface area contributed by atoms with Gasteiger partial charge in [-0.05, 0) is 18.2 Å². The van der Waals surface area contributed by atoms with Crippen LogP contribution in [0.15, 0.2) is 30.0 Å². The Morgan fingerprint density at radius 3 is 2.42 bits per heavy atom. The summed E-state index contributed by atoms with van der Waals surface area (Å²) in [5.74, 6) is -0.512. The lowest BCUT2D eigenvalue weighted by molar-refractivity contribution is -0.107. The molecule has 6 heteroatoms. The molecular formula is C13H12FN3O2. The number of ether oxygens (including phenoxy) is 2. The molecule has 0 bridgehead atoms. The van der Waals surface area contributed by atoms with E-state index in [2.05, 4.69) is 5.32 Å². The lowest BCUT2D eigenvalue weighted by atomic mass is 10.2. The Labute approximate surface area is 110 Å². The molecule has 0 aliphatic rings. The fraction of sp³-hybridized carbons (Fsp3) is 0.231. The first-order valence-corrected chi connectivity index (χ1v) is 5.28. The molecule has 0 unspecified atom stereocenters. The van der Waals surface area contributed by atoms with Crippen molar-refractivity contribution in [2.24, 2.45) is 0 Å². The van der Waals surface area contributed by atoms with E-state index in [1.165, 1.54) is 32.6 Å². The molecule has 0 aromatic heterocycles. The predicted octanol–water partition coefficient (Wildman–Crippen LogP) is 2.46. The van der Waals surface area contributed by atoms with Crippen molar-refractivity contribution in [1.29, 1.82) is 10.5 Å². The molecule has 5 nitrogen and oxygen atoms in total. The molecule has 1 aromatic rings. The van der Waals surface area contributed by atoms with Crippen molar-refractivity contribution in [1.82, 2.24) is 0 Å². The maximum absolute atomic E-state index is 13.8. The molecule has 0 aliphatic carbocycles. The highest BCUT2D eigenvalue weighted by molar-refractivity contribution is 5.50. The van der Waals surface area contributed by atoms with Crippen LogP contribution >= 0.6 is 0 Å². The zero-order valence-electron chi connectivity index (χ0n) is 10.5. The molecule has 98 valence electrons. The van der Waals surface area contributed by atoms with E-state index in [1.807, 2.05) is 0 Å². The third-order valence-electron chi connectivity index (χ3n) is 2.31. The first-order chi connectivity index (χ1) is 9.15. The Morgan fingerprint density at radius 2 is 1.95 bits per heavy atom. The molecule has 19 heavy (non-hydrogen) atoms. The van der Waals surface area contributed by atoms with Gasteiger partial charge >= 0.3 is 0 Å². The Hall–Kier alpha value is -2.41. The normalized spacial score (nSPS) is 9.58. The first kappa shape index (κ1) is 14.7. The van der Waals surface area contributed by atoms with E-state index in [1.54, 1.807) is 18.2 Å². The minimum Gasteiger partial charge on any atom is -0.360 e. The van der Waals surface area contributed by atoms with E-state index in [4.69, 9.17) is 20.0 Å². The maximum atomic E-state index is 13.8. The van der Waals surface area contributed by atoms with Crippen molar-refractivity contribution in [2.75, 3.05) is 19.5 Å². The van der Waals surface area contributed by atoms with Gasteiger partial charge in [0.15, 0.2) is 6.29 Å². The van der Waals surface area contributed by atoms with E-state index in [9.17, 15) is 4.39 Å². The quantitative estimate of drug-likeness (QED) is 0.650. The Balaban J connectivity index is 2.92. The van der Waals surface area contributed by atoms with Crippen LogP contribution in [0, 0.1) is 28.5 Å². The summed E-state index contributed by atoms with van der Waals surface area (Å²) >= 11 is 0. The lowest BCUT2D eigenvalue weighted by Gasteiger charge is -2.15. The second kappa shape index (κ2) is 7.12. The SMILES string of the molecule is COC(OC)c1ccc(NC=C(C#N)C#N)cc1F. The minimum atomic E-state index is -0.779. The predicted molar refractivity (Wildman–Crippen MR) is 66.1 cm³/mol. The summed E-state index contributed by atoms with van der Waals surface area (Å²) in [6, 6.07) is 7.69. The molecule has 0 atom stereocenters. The Kier molecular flexibility index (Phi) is 5.49. The van der Waals surface area contributed by atoms with Crippen molar-refractivity contribution in [3.05, 3.63) is 41.4 Å². The number of rotatable bonds is 5. The summed E-state index contributed by atoms with van der Waals surface area (Å²) in [5, 5.41) is 19.8. The van der Waals surface area contributed by atoms with Crippen LogP contribution in [-0.4, -0.2) is 14.2 Å². The zero-order chi connectivity index (χ0) is 14.3. The second-order valence-corrected chi connectivity index (χ2v) is 3.47. The fourth-order valence-corrected chi connectivity index (χ4v) is 1.40. The van der Waals surface area contributed by atoms with Gasteiger partial charge in [0.25, 0.3) is 0 Å². The molecule has 0 saturated carbocycles. The third kappa shape index (κ3) is 3.78. The summed E-state index contributed by atoms with van der Waals surface area (Å²) in [5.41, 5.74) is 0.576. The van der Waals surface area contributed by atoms with Gasteiger partial charge in [-0.2, -0.15) is 10.5 Å². The van der Waals surface area contributed by atoms with Gasteiger partial charge in [0, 0.05) is 31.7 Å². The van der Waals surface area contributed by atoms with Crippen LogP contribution in [0.25, 0.3) is 0 Å². The van der Waals surface area contributed by atoms with Crippen molar-refractivity contribution in [3.63, 3.8) is 0 Å². The molecule has 1 rings (SSSR count). The summed E-state index contributed by atoms with van der Waals surface area (Å²) in [6.07, 6.45) is 0.428. The van der Waals surface area contributed by atoms with Crippen molar-refractivity contribution < 1.29 is 13.9 Å². The van der Waals surface area contributed by atoms with Gasteiger partial charge in [0.1, 0.15) is 23.5 Å². The molecule has 0 amide bonds. The monoisotopic (exact) mass is 261 g/mol. The van der Waals surface area contributed by atoms with Gasteiger partial charge in [0.05, 0.1) is 0 Å². The third-order valence-corrected chi connectivity index (χ3v) is 2.31. The number of nitrogens with zero attached hydrogens (tertiary/aromatic N) is 2. The second-order valence-electron chi connectivity index (χ2n) is 3.47. The number of nitriles is 2. The molecule has 1 aromatic carbocycles. The van der Waals surface area contributed by atoms with Crippen molar-refractivity contribution in [3.8, 4) is 12.1 Å². The van der Waals surface area contributed by atoms with E-state index in [0.717, 1.165) is 0 Å². The van der Waals surface area contributed by atoms with E-state index < -0.39 is 12.1 Å². The molecule has 0 aliphatic heterocycles.